The highest BCUT2D eigenvalue weighted by molar-refractivity contribution is 8.26. The molecule has 50 heavy (non-hydrogen) atoms. The monoisotopic (exact) mass is 752 g/mol. The lowest BCUT2D eigenvalue weighted by Crippen LogP contribution is -2.44. The number of fused-ring (bicyclic) bond motifs is 1. The van der Waals surface area contributed by atoms with E-state index in [-0.39, 0.29) is 44.4 Å². The molecule has 2 amide bonds. The molecular weight excluding hydrogens is 727 g/mol. The van der Waals surface area contributed by atoms with Gasteiger partial charge in [-0.25, -0.2) is 4.79 Å². The zero-order valence-electron chi connectivity index (χ0n) is 26.7. The van der Waals surface area contributed by atoms with Crippen molar-refractivity contribution in [2.45, 2.75) is 6.54 Å². The van der Waals surface area contributed by atoms with E-state index < -0.39 is 23.1 Å². The molecule has 0 atom stereocenters. The van der Waals surface area contributed by atoms with Crippen molar-refractivity contribution in [3.63, 3.8) is 0 Å². The number of benzene rings is 3. The summed E-state index contributed by atoms with van der Waals surface area (Å²) < 4.78 is 20.9. The number of aryl methyl sites for hydroxylation is 1. The van der Waals surface area contributed by atoms with Gasteiger partial charge in [0.2, 0.25) is 0 Å². The number of hydrazine groups is 1. The summed E-state index contributed by atoms with van der Waals surface area (Å²) in [5.41, 5.74) is 3.14. The van der Waals surface area contributed by atoms with Crippen molar-refractivity contribution >= 4 is 80.6 Å². The average molecular weight is 754 g/mol. The van der Waals surface area contributed by atoms with Crippen LogP contribution in [0.25, 0.3) is 17.2 Å². The summed E-state index contributed by atoms with van der Waals surface area (Å²) in [7, 11) is 5.84. The van der Waals surface area contributed by atoms with Gasteiger partial charge >= 0.3 is 11.7 Å². The zero-order valence-corrected chi connectivity index (χ0v) is 29.9. The van der Waals surface area contributed by atoms with Crippen LogP contribution in [0.5, 0.6) is 23.3 Å². The van der Waals surface area contributed by atoms with Crippen LogP contribution in [-0.4, -0.2) is 54.0 Å². The maximum Gasteiger partial charge on any atom is 0.332 e. The molecule has 1 fully saturated rings. The Balaban J connectivity index is 1.30. The van der Waals surface area contributed by atoms with Crippen LogP contribution in [0.2, 0.25) is 10.0 Å². The molecule has 1 aliphatic heterocycles. The summed E-state index contributed by atoms with van der Waals surface area (Å²) in [6.45, 7) is 0.0620. The third kappa shape index (κ3) is 6.59. The van der Waals surface area contributed by atoms with Gasteiger partial charge in [-0.3, -0.25) is 33.5 Å². The quantitative estimate of drug-likeness (QED) is 0.159. The Morgan fingerprint density at radius 2 is 1.70 bits per heavy atom. The Bertz CT molecular complexity index is 2370. The number of thiocarbonyl (C=S) groups is 1. The number of carbonyl (C=O) groups is 2. The maximum absolute atomic E-state index is 13.4. The second-order valence-electron chi connectivity index (χ2n) is 10.8. The summed E-state index contributed by atoms with van der Waals surface area (Å²) in [4.78, 5) is 56.9. The molecule has 0 aliphatic carbocycles. The van der Waals surface area contributed by atoms with Crippen LogP contribution < -0.4 is 30.9 Å². The van der Waals surface area contributed by atoms with Crippen LogP contribution in [0.4, 0.5) is 0 Å². The van der Waals surface area contributed by atoms with Crippen LogP contribution in [0.3, 0.4) is 0 Å². The number of aromatic nitrogens is 4. The minimum atomic E-state index is -0.574. The number of hydrogen-bond acceptors (Lipinski definition) is 10. The third-order valence-corrected chi connectivity index (χ3v) is 9.59. The summed E-state index contributed by atoms with van der Waals surface area (Å²) in [5.74, 6) is 0.0521. The Labute approximate surface area is 303 Å². The van der Waals surface area contributed by atoms with E-state index >= 15 is 0 Å². The number of nitrogens with one attached hydrogen (secondary N) is 1. The highest BCUT2D eigenvalue weighted by atomic mass is 35.5. The molecule has 2 aromatic heterocycles. The molecule has 5 aromatic rings. The Morgan fingerprint density at radius 1 is 0.960 bits per heavy atom. The lowest BCUT2D eigenvalue weighted by Gasteiger charge is -2.15. The molecule has 0 unspecified atom stereocenters. The molecule has 0 radical (unpaired) electrons. The van der Waals surface area contributed by atoms with E-state index in [1.54, 1.807) is 66.7 Å². The Morgan fingerprint density at radius 3 is 2.38 bits per heavy atom. The number of amides is 2. The van der Waals surface area contributed by atoms with Gasteiger partial charge in [0.05, 0.1) is 25.7 Å². The number of thioether (sulfide) groups is 1. The molecule has 1 N–H and O–H groups in total. The molecule has 3 heterocycles. The predicted octanol–water partition coefficient (Wildman–Crippen LogP) is 5.14. The summed E-state index contributed by atoms with van der Waals surface area (Å²) in [6.07, 6.45) is 1.60. The number of nitrogens with zero attached hydrogens (tertiary/aromatic N) is 5. The Hall–Kier alpha value is -5.09. The van der Waals surface area contributed by atoms with Gasteiger partial charge in [-0.1, -0.05) is 47.1 Å². The van der Waals surface area contributed by atoms with Gasteiger partial charge in [-0.15, -0.1) is 0 Å². The SMILES string of the molecule is COc1ccc(C(=O)NN2C(=O)/C(=C/c3ccc(Oc4nc5c(c(=O)n(C)c(=O)n5C)n4Cc4ccc(Cl)cc4Cl)c(OC)c3)SC2=S)cc1. The van der Waals surface area contributed by atoms with E-state index in [0.717, 1.165) is 21.3 Å². The smallest absolute Gasteiger partial charge is 0.332 e. The number of carbonyl (C=O) groups excluding carboxylic acids is 2. The number of halogens is 2. The molecule has 1 saturated heterocycles. The second-order valence-corrected chi connectivity index (χ2v) is 13.3. The number of rotatable bonds is 9. The molecule has 0 spiro atoms. The molecular formula is C33H26Cl2N6O7S2. The van der Waals surface area contributed by atoms with Crippen molar-refractivity contribution in [3.8, 4) is 23.3 Å². The van der Waals surface area contributed by atoms with Crippen LogP contribution in [0, 0.1) is 0 Å². The van der Waals surface area contributed by atoms with Crippen molar-refractivity contribution in [3.05, 3.63) is 113 Å². The molecule has 0 bridgehead atoms. The van der Waals surface area contributed by atoms with E-state index in [0.29, 0.717) is 32.5 Å². The van der Waals surface area contributed by atoms with E-state index in [1.807, 2.05) is 0 Å². The largest absolute Gasteiger partial charge is 0.497 e. The molecule has 6 rings (SSSR count). The van der Waals surface area contributed by atoms with Gasteiger partial charge in [-0.2, -0.15) is 9.99 Å². The zero-order chi connectivity index (χ0) is 35.9. The van der Waals surface area contributed by atoms with Gasteiger partial charge in [0, 0.05) is 29.7 Å². The van der Waals surface area contributed by atoms with Crippen molar-refractivity contribution in [1.82, 2.24) is 29.1 Å². The van der Waals surface area contributed by atoms with Crippen LogP contribution in [0.1, 0.15) is 21.5 Å². The molecule has 3 aromatic carbocycles. The first kappa shape index (κ1) is 34.8. The molecule has 0 saturated carbocycles. The fourth-order valence-corrected chi connectivity index (χ4v) is 6.70. The van der Waals surface area contributed by atoms with Crippen molar-refractivity contribution in [2.24, 2.45) is 14.1 Å². The van der Waals surface area contributed by atoms with Crippen LogP contribution in [0.15, 0.2) is 75.2 Å². The van der Waals surface area contributed by atoms with Crippen molar-refractivity contribution < 1.29 is 23.8 Å². The molecule has 256 valence electrons. The highest BCUT2D eigenvalue weighted by Crippen LogP contribution is 2.37. The topological polar surface area (TPSA) is 139 Å². The van der Waals surface area contributed by atoms with E-state index in [9.17, 15) is 19.2 Å². The molecule has 17 heteroatoms. The molecule has 13 nitrogen and oxygen atoms in total. The van der Waals surface area contributed by atoms with Gasteiger partial charge in [0.15, 0.2) is 27.0 Å². The lowest BCUT2D eigenvalue weighted by atomic mass is 10.2. The summed E-state index contributed by atoms with van der Waals surface area (Å²) >= 11 is 19.0. The van der Waals surface area contributed by atoms with Crippen molar-refractivity contribution in [2.75, 3.05) is 14.2 Å². The third-order valence-electron chi connectivity index (χ3n) is 7.70. The van der Waals surface area contributed by atoms with E-state index in [2.05, 4.69) is 10.4 Å². The highest BCUT2D eigenvalue weighted by Gasteiger charge is 2.34. The van der Waals surface area contributed by atoms with Gasteiger partial charge in [0.1, 0.15) is 5.75 Å². The van der Waals surface area contributed by atoms with Crippen molar-refractivity contribution in [1.29, 1.82) is 0 Å². The maximum atomic E-state index is 13.4. The van der Waals surface area contributed by atoms with E-state index in [4.69, 9.17) is 49.6 Å². The minimum Gasteiger partial charge on any atom is -0.497 e. The molecule has 1 aliphatic rings. The first-order valence-electron chi connectivity index (χ1n) is 14.6. The first-order chi connectivity index (χ1) is 23.9. The fraction of sp³-hybridized carbons (Fsp3) is 0.152. The van der Waals surface area contributed by atoms with Gasteiger partial charge < -0.3 is 14.2 Å². The number of imidazole rings is 1. The van der Waals surface area contributed by atoms with Crippen LogP contribution in [-0.2, 0) is 25.4 Å². The minimum absolute atomic E-state index is 0.0103. The number of methoxy groups -OCH3 is 2. The second kappa shape index (κ2) is 14.0. The fourth-order valence-electron chi connectivity index (χ4n) is 5.05. The standard InChI is InChI=1S/C33H26Cl2N6O7S2/c1-38-27-26(30(44)39(2)32(38)45)40(16-19-6-9-20(34)15-22(19)35)31(36-27)48-23-12-5-17(13-24(23)47-4)14-25-29(43)41(33(49)50-25)37-28(42)18-7-10-21(46-3)11-8-18/h5-15H,16H2,1-4H3,(H,37,42)/b25-14-. The Kier molecular flexibility index (Phi) is 9.75. The average Bonchev–Trinajstić information content (AvgIpc) is 3.59. The van der Waals surface area contributed by atoms with Gasteiger partial charge in [0.25, 0.3) is 17.4 Å². The first-order valence-corrected chi connectivity index (χ1v) is 16.6. The summed E-state index contributed by atoms with van der Waals surface area (Å²) in [5, 5.41) is 1.82. The number of hydrogen-bond donors (Lipinski definition) is 1. The predicted molar refractivity (Wildman–Crippen MR) is 194 cm³/mol. The lowest BCUT2D eigenvalue weighted by molar-refractivity contribution is -0.123. The van der Waals surface area contributed by atoms with E-state index in [1.165, 1.54) is 37.4 Å². The van der Waals surface area contributed by atoms with Crippen LogP contribution >= 0.6 is 47.2 Å². The number of ether oxygens (including phenoxy) is 3. The van der Waals surface area contributed by atoms with Gasteiger partial charge in [-0.05, 0) is 78.0 Å². The normalized spacial score (nSPS) is 13.7. The summed E-state index contributed by atoms with van der Waals surface area (Å²) in [6, 6.07) is 16.3.